The van der Waals surface area contributed by atoms with Gasteiger partial charge in [-0.3, -0.25) is 9.78 Å². The summed E-state index contributed by atoms with van der Waals surface area (Å²) in [5, 5.41) is 1.43. The standard InChI is InChI=1S/C21H19FN2O4S/c1-28-16-8-10-17(11-9-16)29(26,27)20(15-5-4-12-23-13-15)14-24-21(25)18-6-2-3-7-19(18)22/h2-13,20H,14H2,1H3,(H,24,25). The van der Waals surface area contributed by atoms with Crippen LogP contribution in [0.4, 0.5) is 4.39 Å². The SMILES string of the molecule is COc1ccc(S(=O)(=O)C(CNC(=O)c2ccccc2F)c2cccnc2)cc1. The summed E-state index contributed by atoms with van der Waals surface area (Å²) in [6, 6.07) is 14.7. The van der Waals surface area contributed by atoms with Crippen LogP contribution < -0.4 is 10.1 Å². The second kappa shape index (κ2) is 8.83. The predicted octanol–water partition coefficient (Wildman–Crippen LogP) is 3.17. The molecule has 3 aromatic rings. The number of amides is 1. The van der Waals surface area contributed by atoms with E-state index >= 15 is 0 Å². The zero-order valence-electron chi connectivity index (χ0n) is 15.6. The smallest absolute Gasteiger partial charge is 0.254 e. The fourth-order valence-corrected chi connectivity index (χ4v) is 4.47. The predicted molar refractivity (Wildman–Crippen MR) is 106 cm³/mol. The maximum Gasteiger partial charge on any atom is 0.254 e. The highest BCUT2D eigenvalue weighted by Gasteiger charge is 2.30. The van der Waals surface area contributed by atoms with Crippen molar-refractivity contribution < 1.29 is 22.3 Å². The van der Waals surface area contributed by atoms with Crippen molar-refractivity contribution in [3.05, 3.63) is 90.0 Å². The number of nitrogens with zero attached hydrogens (tertiary/aromatic N) is 1. The Balaban J connectivity index is 1.91. The van der Waals surface area contributed by atoms with Gasteiger partial charge < -0.3 is 10.1 Å². The zero-order chi connectivity index (χ0) is 20.9. The van der Waals surface area contributed by atoms with Gasteiger partial charge in [0.1, 0.15) is 16.8 Å². The van der Waals surface area contributed by atoms with Crippen LogP contribution in [0.5, 0.6) is 5.75 Å². The van der Waals surface area contributed by atoms with Gasteiger partial charge in [0, 0.05) is 18.9 Å². The summed E-state index contributed by atoms with van der Waals surface area (Å²) >= 11 is 0. The molecule has 0 fully saturated rings. The maximum absolute atomic E-state index is 13.9. The summed E-state index contributed by atoms with van der Waals surface area (Å²) in [6.45, 7) is -0.243. The van der Waals surface area contributed by atoms with E-state index in [2.05, 4.69) is 10.3 Å². The third-order valence-electron chi connectivity index (χ3n) is 4.39. The molecular formula is C21H19FN2O4S. The molecular weight excluding hydrogens is 395 g/mol. The van der Waals surface area contributed by atoms with Crippen LogP contribution in [0.2, 0.25) is 0 Å². The molecule has 0 aliphatic rings. The lowest BCUT2D eigenvalue weighted by atomic mass is 10.2. The summed E-state index contributed by atoms with van der Waals surface area (Å²) in [6.07, 6.45) is 2.96. The summed E-state index contributed by atoms with van der Waals surface area (Å²) in [5.74, 6) is -0.849. The van der Waals surface area contributed by atoms with Crippen LogP contribution in [0.25, 0.3) is 0 Å². The molecule has 29 heavy (non-hydrogen) atoms. The van der Waals surface area contributed by atoms with E-state index in [1.165, 1.54) is 55.9 Å². The first-order chi connectivity index (χ1) is 13.9. The minimum absolute atomic E-state index is 0.0762. The van der Waals surface area contributed by atoms with Gasteiger partial charge in [-0.1, -0.05) is 18.2 Å². The molecule has 6 nitrogen and oxygen atoms in total. The van der Waals surface area contributed by atoms with E-state index in [1.54, 1.807) is 24.3 Å². The molecule has 1 aromatic heterocycles. The first-order valence-electron chi connectivity index (χ1n) is 8.74. The largest absolute Gasteiger partial charge is 0.497 e. The first-order valence-corrected chi connectivity index (χ1v) is 10.3. The molecule has 0 radical (unpaired) electrons. The molecule has 1 heterocycles. The Hall–Kier alpha value is -3.26. The molecule has 0 bridgehead atoms. The number of benzene rings is 2. The number of methoxy groups -OCH3 is 1. The summed E-state index contributed by atoms with van der Waals surface area (Å²) < 4.78 is 45.4. The molecule has 0 saturated heterocycles. The Bertz CT molecular complexity index is 1090. The normalized spacial score (nSPS) is 12.2. The van der Waals surface area contributed by atoms with E-state index in [0.717, 1.165) is 0 Å². The molecule has 8 heteroatoms. The van der Waals surface area contributed by atoms with E-state index in [0.29, 0.717) is 11.3 Å². The van der Waals surface area contributed by atoms with Crippen LogP contribution in [-0.4, -0.2) is 33.0 Å². The van der Waals surface area contributed by atoms with E-state index in [9.17, 15) is 17.6 Å². The van der Waals surface area contributed by atoms with Crippen LogP contribution in [0, 0.1) is 5.82 Å². The highest BCUT2D eigenvalue weighted by molar-refractivity contribution is 7.91. The minimum atomic E-state index is -3.87. The Morgan fingerprint density at radius 3 is 2.45 bits per heavy atom. The molecule has 3 rings (SSSR count). The molecule has 0 aliphatic carbocycles. The Morgan fingerprint density at radius 1 is 1.10 bits per heavy atom. The van der Waals surface area contributed by atoms with Crippen molar-refractivity contribution in [2.45, 2.75) is 10.1 Å². The van der Waals surface area contributed by atoms with Crippen LogP contribution in [0.3, 0.4) is 0 Å². The van der Waals surface area contributed by atoms with E-state index in [1.807, 2.05) is 0 Å². The molecule has 1 unspecified atom stereocenters. The third-order valence-corrected chi connectivity index (χ3v) is 6.50. The molecule has 1 N–H and O–H groups in total. The Kier molecular flexibility index (Phi) is 6.23. The number of ether oxygens (including phenoxy) is 1. The number of hydrogen-bond acceptors (Lipinski definition) is 5. The number of aromatic nitrogens is 1. The van der Waals surface area contributed by atoms with Crippen molar-refractivity contribution in [3.63, 3.8) is 0 Å². The quantitative estimate of drug-likeness (QED) is 0.642. The van der Waals surface area contributed by atoms with Gasteiger partial charge in [-0.25, -0.2) is 12.8 Å². The van der Waals surface area contributed by atoms with E-state index in [4.69, 9.17) is 4.74 Å². The summed E-state index contributed by atoms with van der Waals surface area (Å²) in [5.41, 5.74) is 0.261. The van der Waals surface area contributed by atoms with Crippen molar-refractivity contribution in [2.24, 2.45) is 0 Å². The van der Waals surface area contributed by atoms with Crippen molar-refractivity contribution in [1.29, 1.82) is 0 Å². The number of nitrogens with one attached hydrogen (secondary N) is 1. The van der Waals surface area contributed by atoms with Gasteiger partial charge in [0.25, 0.3) is 5.91 Å². The van der Waals surface area contributed by atoms with Gasteiger partial charge in [-0.05, 0) is 48.0 Å². The second-order valence-electron chi connectivity index (χ2n) is 6.19. The highest BCUT2D eigenvalue weighted by atomic mass is 32.2. The fraction of sp³-hybridized carbons (Fsp3) is 0.143. The zero-order valence-corrected chi connectivity index (χ0v) is 16.4. The second-order valence-corrected chi connectivity index (χ2v) is 8.32. The van der Waals surface area contributed by atoms with Gasteiger partial charge in [0.05, 0.1) is 17.6 Å². The number of hydrogen-bond donors (Lipinski definition) is 1. The average molecular weight is 414 g/mol. The lowest BCUT2D eigenvalue weighted by molar-refractivity contribution is 0.0949. The number of carbonyl (C=O) groups is 1. The minimum Gasteiger partial charge on any atom is -0.497 e. The monoisotopic (exact) mass is 414 g/mol. The fourth-order valence-electron chi connectivity index (χ4n) is 2.83. The number of carbonyl (C=O) groups excluding carboxylic acids is 1. The lowest BCUT2D eigenvalue weighted by Gasteiger charge is -2.19. The van der Waals surface area contributed by atoms with Crippen molar-refractivity contribution in [1.82, 2.24) is 10.3 Å². The third kappa shape index (κ3) is 4.60. The van der Waals surface area contributed by atoms with E-state index < -0.39 is 26.8 Å². The molecule has 1 amide bonds. The van der Waals surface area contributed by atoms with Gasteiger partial charge in [-0.15, -0.1) is 0 Å². The lowest BCUT2D eigenvalue weighted by Crippen LogP contribution is -2.32. The number of pyridine rings is 1. The maximum atomic E-state index is 13.9. The van der Waals surface area contributed by atoms with Gasteiger partial charge >= 0.3 is 0 Å². The average Bonchev–Trinajstić information content (AvgIpc) is 2.74. The molecule has 0 spiro atoms. The van der Waals surface area contributed by atoms with Crippen LogP contribution in [0.1, 0.15) is 21.2 Å². The molecule has 2 aromatic carbocycles. The summed E-state index contributed by atoms with van der Waals surface area (Å²) in [4.78, 5) is 16.4. The first kappa shape index (κ1) is 20.5. The van der Waals surface area contributed by atoms with Gasteiger partial charge in [0.2, 0.25) is 0 Å². The van der Waals surface area contributed by atoms with Crippen molar-refractivity contribution in [2.75, 3.05) is 13.7 Å². The molecule has 1 atom stereocenters. The highest BCUT2D eigenvalue weighted by Crippen LogP contribution is 2.29. The van der Waals surface area contributed by atoms with Crippen LogP contribution in [-0.2, 0) is 9.84 Å². The van der Waals surface area contributed by atoms with Crippen LogP contribution in [0.15, 0.2) is 78.0 Å². The van der Waals surface area contributed by atoms with Gasteiger partial charge in [0.15, 0.2) is 9.84 Å². The number of rotatable bonds is 7. The van der Waals surface area contributed by atoms with E-state index in [-0.39, 0.29) is 17.0 Å². The number of halogens is 1. The van der Waals surface area contributed by atoms with Gasteiger partial charge in [-0.2, -0.15) is 0 Å². The topological polar surface area (TPSA) is 85.4 Å². The Labute approximate surface area is 168 Å². The Morgan fingerprint density at radius 2 is 1.83 bits per heavy atom. The summed E-state index contributed by atoms with van der Waals surface area (Å²) in [7, 11) is -2.38. The number of sulfone groups is 1. The molecule has 0 aliphatic heterocycles. The molecule has 0 saturated carbocycles. The van der Waals surface area contributed by atoms with Crippen LogP contribution >= 0.6 is 0 Å². The van der Waals surface area contributed by atoms with Crippen molar-refractivity contribution in [3.8, 4) is 5.75 Å². The molecule has 150 valence electrons. The van der Waals surface area contributed by atoms with Crippen molar-refractivity contribution >= 4 is 15.7 Å².